The van der Waals surface area contributed by atoms with Crippen LogP contribution in [0.3, 0.4) is 0 Å². The van der Waals surface area contributed by atoms with E-state index in [2.05, 4.69) is 4.74 Å². The van der Waals surface area contributed by atoms with Crippen molar-refractivity contribution >= 4 is 23.4 Å². The van der Waals surface area contributed by atoms with Crippen molar-refractivity contribution in [1.82, 2.24) is 4.57 Å². The van der Waals surface area contributed by atoms with E-state index in [0.717, 1.165) is 19.3 Å². The van der Waals surface area contributed by atoms with E-state index in [-0.39, 0.29) is 57.9 Å². The van der Waals surface area contributed by atoms with Gasteiger partial charge in [0.2, 0.25) is 0 Å². The van der Waals surface area contributed by atoms with Crippen LogP contribution in [0.15, 0.2) is 59.5 Å². The second kappa shape index (κ2) is 13.1. The van der Waals surface area contributed by atoms with Gasteiger partial charge < -0.3 is 23.9 Å². The SMILES string of the molecule is COc1cn(C(C[C@@H]2CCCCO2)C(=O)Cc2ccc(C(=O)O)cc2)c(=O)cc1-c1cc(Cl)ccc1OC(F)F. The Morgan fingerprint density at radius 3 is 2.45 bits per heavy atom. The van der Waals surface area contributed by atoms with Gasteiger partial charge in [0.15, 0.2) is 5.78 Å². The van der Waals surface area contributed by atoms with Gasteiger partial charge in [-0.05, 0) is 55.2 Å². The maximum Gasteiger partial charge on any atom is 0.387 e. The summed E-state index contributed by atoms with van der Waals surface area (Å²) in [6.45, 7) is -2.55. The number of nitrogens with zero attached hydrogens (tertiary/aromatic N) is 1. The van der Waals surface area contributed by atoms with Crippen molar-refractivity contribution in [1.29, 1.82) is 0 Å². The van der Waals surface area contributed by atoms with E-state index in [4.69, 9.17) is 26.2 Å². The van der Waals surface area contributed by atoms with Gasteiger partial charge in [-0.15, -0.1) is 0 Å². The number of alkyl halides is 2. The van der Waals surface area contributed by atoms with Crippen LogP contribution in [0.1, 0.15) is 47.6 Å². The summed E-state index contributed by atoms with van der Waals surface area (Å²) >= 11 is 6.12. The van der Waals surface area contributed by atoms with E-state index >= 15 is 0 Å². The first-order valence-corrected chi connectivity index (χ1v) is 13.1. The molecule has 2 aromatic carbocycles. The van der Waals surface area contributed by atoms with Gasteiger partial charge >= 0.3 is 12.6 Å². The molecule has 1 aliphatic heterocycles. The third-order valence-electron chi connectivity index (χ3n) is 6.76. The number of rotatable bonds is 11. The van der Waals surface area contributed by atoms with Crippen LogP contribution in [0.5, 0.6) is 11.5 Å². The molecule has 1 aromatic heterocycles. The number of hydrogen-bond donors (Lipinski definition) is 1. The highest BCUT2D eigenvalue weighted by Crippen LogP contribution is 2.38. The molecule has 2 heterocycles. The number of ketones is 1. The molecule has 40 heavy (non-hydrogen) atoms. The molecule has 212 valence electrons. The second-order valence-corrected chi connectivity index (χ2v) is 9.84. The highest BCUT2D eigenvalue weighted by Gasteiger charge is 2.29. The maximum atomic E-state index is 13.6. The molecular weight excluding hydrogens is 548 g/mol. The molecule has 0 spiro atoms. The normalized spacial score (nSPS) is 16.0. The molecule has 1 aliphatic rings. The predicted molar refractivity (Wildman–Crippen MR) is 144 cm³/mol. The molecule has 4 rings (SSSR count). The minimum absolute atomic E-state index is 0.0472. The Morgan fingerprint density at radius 2 is 1.82 bits per heavy atom. The van der Waals surface area contributed by atoms with Crippen LogP contribution in [0.2, 0.25) is 5.02 Å². The summed E-state index contributed by atoms with van der Waals surface area (Å²) in [7, 11) is 1.36. The zero-order valence-electron chi connectivity index (χ0n) is 21.6. The van der Waals surface area contributed by atoms with E-state index < -0.39 is 24.2 Å². The molecule has 1 saturated heterocycles. The topological polar surface area (TPSA) is 104 Å². The lowest BCUT2D eigenvalue weighted by Gasteiger charge is -2.28. The number of carboxylic acid groups (broad SMARTS) is 1. The molecule has 1 N–H and O–H groups in total. The second-order valence-electron chi connectivity index (χ2n) is 9.41. The predicted octanol–water partition coefficient (Wildman–Crippen LogP) is 5.79. The average Bonchev–Trinajstić information content (AvgIpc) is 2.93. The molecule has 1 unspecified atom stereocenters. The van der Waals surface area contributed by atoms with E-state index in [9.17, 15) is 23.2 Å². The van der Waals surface area contributed by atoms with Crippen LogP contribution in [0, 0.1) is 0 Å². The number of methoxy groups -OCH3 is 1. The van der Waals surface area contributed by atoms with Gasteiger partial charge in [0.05, 0.1) is 31.0 Å². The number of aromatic carboxylic acids is 1. The molecule has 3 aromatic rings. The van der Waals surface area contributed by atoms with Crippen molar-refractivity contribution in [2.45, 2.75) is 50.9 Å². The van der Waals surface area contributed by atoms with Gasteiger partial charge in [0.1, 0.15) is 11.5 Å². The Labute approximate surface area is 234 Å². The summed E-state index contributed by atoms with van der Waals surface area (Å²) in [6.07, 6.45) is 3.91. The molecule has 0 saturated carbocycles. The summed E-state index contributed by atoms with van der Waals surface area (Å²) in [6, 6.07) is 10.3. The van der Waals surface area contributed by atoms with Crippen molar-refractivity contribution in [2.24, 2.45) is 0 Å². The smallest absolute Gasteiger partial charge is 0.387 e. The third-order valence-corrected chi connectivity index (χ3v) is 6.99. The van der Waals surface area contributed by atoms with Crippen molar-refractivity contribution in [3.63, 3.8) is 0 Å². The van der Waals surface area contributed by atoms with Gasteiger partial charge in [-0.25, -0.2) is 4.79 Å². The van der Waals surface area contributed by atoms with Crippen LogP contribution in [0.4, 0.5) is 8.78 Å². The van der Waals surface area contributed by atoms with E-state index in [1.807, 2.05) is 0 Å². The van der Waals surface area contributed by atoms with Gasteiger partial charge in [0.25, 0.3) is 5.56 Å². The van der Waals surface area contributed by atoms with Gasteiger partial charge in [0, 0.05) is 41.7 Å². The average molecular weight is 576 g/mol. The first-order valence-electron chi connectivity index (χ1n) is 12.7. The fourth-order valence-electron chi connectivity index (χ4n) is 4.78. The molecule has 8 nitrogen and oxygen atoms in total. The summed E-state index contributed by atoms with van der Waals surface area (Å²) in [4.78, 5) is 38.3. The Balaban J connectivity index is 1.74. The lowest BCUT2D eigenvalue weighted by Crippen LogP contribution is -2.34. The first kappa shape index (κ1) is 29.2. The molecule has 11 heteroatoms. The summed E-state index contributed by atoms with van der Waals surface area (Å²) < 4.78 is 43.4. The van der Waals surface area contributed by atoms with Crippen molar-refractivity contribution in [3.8, 4) is 22.6 Å². The number of halogens is 3. The fourth-order valence-corrected chi connectivity index (χ4v) is 4.96. The standard InChI is InChI=1S/C29H28ClF2NO7/c1-38-26-16-33(27(35)15-22(26)21-13-19(30)9-10-25(21)40-29(31)32)23(14-20-4-2-3-11-39-20)24(34)12-17-5-7-18(8-6-17)28(36)37/h5-10,13,15-16,20,23,29H,2-4,11-12,14H2,1H3,(H,36,37)/t20-,23?/m0/s1. The summed E-state index contributed by atoms with van der Waals surface area (Å²) in [5, 5.41) is 9.39. The molecule has 0 bridgehead atoms. The molecular formula is C29H28ClF2NO7. The van der Waals surface area contributed by atoms with Crippen LogP contribution < -0.4 is 15.0 Å². The van der Waals surface area contributed by atoms with Gasteiger partial charge in [-0.1, -0.05) is 23.7 Å². The number of benzene rings is 2. The summed E-state index contributed by atoms with van der Waals surface area (Å²) in [5.74, 6) is -1.40. The van der Waals surface area contributed by atoms with Gasteiger partial charge in [-0.3, -0.25) is 9.59 Å². The highest BCUT2D eigenvalue weighted by atomic mass is 35.5. The largest absolute Gasteiger partial charge is 0.495 e. The van der Waals surface area contributed by atoms with E-state index in [1.54, 1.807) is 12.1 Å². The number of aromatic nitrogens is 1. The number of carbonyl (C=O) groups is 2. The molecule has 1 fully saturated rings. The fraction of sp³-hybridized carbons (Fsp3) is 0.345. The number of carbonyl (C=O) groups excluding carboxylic acids is 1. The number of ether oxygens (including phenoxy) is 3. The quantitative estimate of drug-likeness (QED) is 0.309. The third kappa shape index (κ3) is 7.05. The van der Waals surface area contributed by atoms with Crippen molar-refractivity contribution in [2.75, 3.05) is 13.7 Å². The number of carboxylic acids is 1. The van der Waals surface area contributed by atoms with Crippen LogP contribution in [0.25, 0.3) is 11.1 Å². The van der Waals surface area contributed by atoms with Crippen LogP contribution >= 0.6 is 11.6 Å². The van der Waals surface area contributed by atoms with E-state index in [1.165, 1.54) is 54.3 Å². The van der Waals surface area contributed by atoms with Crippen molar-refractivity contribution < 1.29 is 37.7 Å². The molecule has 2 atom stereocenters. The highest BCUT2D eigenvalue weighted by molar-refractivity contribution is 6.31. The zero-order valence-corrected chi connectivity index (χ0v) is 22.4. The maximum absolute atomic E-state index is 13.6. The molecule has 0 amide bonds. The lowest BCUT2D eigenvalue weighted by molar-refractivity contribution is -0.123. The first-order chi connectivity index (χ1) is 19.2. The van der Waals surface area contributed by atoms with Crippen LogP contribution in [-0.4, -0.2) is 47.9 Å². The molecule has 0 aliphatic carbocycles. The van der Waals surface area contributed by atoms with Gasteiger partial charge in [-0.2, -0.15) is 8.78 Å². The van der Waals surface area contributed by atoms with Crippen molar-refractivity contribution in [3.05, 3.63) is 81.2 Å². The Hall–Kier alpha value is -3.76. The number of Topliss-reactive ketones (excluding diaryl/α,β-unsaturated/α-hetero) is 1. The zero-order chi connectivity index (χ0) is 28.8. The minimum atomic E-state index is -3.10. The van der Waals surface area contributed by atoms with E-state index in [0.29, 0.717) is 12.2 Å². The molecule has 0 radical (unpaired) electrons. The Kier molecular flexibility index (Phi) is 9.54. The van der Waals surface area contributed by atoms with Crippen LogP contribution in [-0.2, 0) is 16.0 Å². The lowest BCUT2D eigenvalue weighted by atomic mass is 9.95. The Bertz CT molecular complexity index is 1420. The minimum Gasteiger partial charge on any atom is -0.495 e. The number of pyridine rings is 1. The number of hydrogen-bond acceptors (Lipinski definition) is 6. The monoisotopic (exact) mass is 575 g/mol. The Morgan fingerprint density at radius 1 is 1.10 bits per heavy atom. The summed E-state index contributed by atoms with van der Waals surface area (Å²) in [5.41, 5.74) is 0.427.